The van der Waals surface area contributed by atoms with E-state index in [0.717, 1.165) is 25.2 Å². The molecule has 0 aliphatic heterocycles. The van der Waals surface area contributed by atoms with Crippen molar-refractivity contribution >= 4 is 9.73 Å². The van der Waals surface area contributed by atoms with Crippen LogP contribution in [0.4, 0.5) is 0 Å². The first-order chi connectivity index (χ1) is 5.41. The summed E-state index contributed by atoms with van der Waals surface area (Å²) < 4.78 is 19.0. The van der Waals surface area contributed by atoms with E-state index in [0.29, 0.717) is 5.92 Å². The zero-order valence-electron chi connectivity index (χ0n) is 8.17. The lowest BCUT2D eigenvalue weighted by Crippen LogP contribution is -2.29. The predicted molar refractivity (Wildman–Crippen MR) is 52.8 cm³/mol. The van der Waals surface area contributed by atoms with Gasteiger partial charge in [0.2, 0.25) is 0 Å². The van der Waals surface area contributed by atoms with E-state index in [-0.39, 0.29) is 5.25 Å². The Morgan fingerprint density at radius 3 is 2.25 bits per heavy atom. The minimum Gasteiger partial charge on any atom is -0.253 e. The summed E-state index contributed by atoms with van der Waals surface area (Å²) >= 11 is 0. The molecule has 1 rings (SSSR count). The summed E-state index contributed by atoms with van der Waals surface area (Å²) in [6, 6.07) is 0. The van der Waals surface area contributed by atoms with Crippen LogP contribution in [0, 0.1) is 16.6 Å². The van der Waals surface area contributed by atoms with Crippen LogP contribution in [-0.2, 0) is 9.73 Å². The van der Waals surface area contributed by atoms with E-state index in [4.69, 9.17) is 4.78 Å². The van der Waals surface area contributed by atoms with Crippen molar-refractivity contribution in [2.75, 3.05) is 6.26 Å². The molecule has 0 aromatic carbocycles. The summed E-state index contributed by atoms with van der Waals surface area (Å²) in [4.78, 5) is 0. The van der Waals surface area contributed by atoms with Crippen molar-refractivity contribution in [3.8, 4) is 0 Å². The Labute approximate surface area is 75.7 Å². The highest BCUT2D eigenvalue weighted by molar-refractivity contribution is 7.92. The molecule has 0 bridgehead atoms. The predicted octanol–water partition coefficient (Wildman–Crippen LogP) is 2.49. The van der Waals surface area contributed by atoms with Crippen LogP contribution in [0.15, 0.2) is 0 Å². The Hall–Kier alpha value is -0.0500. The van der Waals surface area contributed by atoms with Gasteiger partial charge in [-0.05, 0) is 31.1 Å². The van der Waals surface area contributed by atoms with Gasteiger partial charge in [0.15, 0.2) is 0 Å². The van der Waals surface area contributed by atoms with Gasteiger partial charge in [0.05, 0.1) is 0 Å². The summed E-state index contributed by atoms with van der Waals surface area (Å²) in [6.07, 6.45) is 4.71. The minimum absolute atomic E-state index is 0.156. The van der Waals surface area contributed by atoms with Crippen LogP contribution in [0.5, 0.6) is 0 Å². The van der Waals surface area contributed by atoms with Crippen LogP contribution >= 0.6 is 0 Å². The van der Waals surface area contributed by atoms with Crippen molar-refractivity contribution in [2.45, 2.75) is 38.4 Å². The normalized spacial score (nSPS) is 42.1. The van der Waals surface area contributed by atoms with Gasteiger partial charge in [-0.1, -0.05) is 13.8 Å². The van der Waals surface area contributed by atoms with Crippen molar-refractivity contribution < 1.29 is 4.21 Å². The van der Waals surface area contributed by atoms with Gasteiger partial charge >= 0.3 is 0 Å². The number of rotatable bonds is 1. The van der Waals surface area contributed by atoms with Crippen molar-refractivity contribution in [3.05, 3.63) is 0 Å². The second-order valence-corrected chi connectivity index (χ2v) is 6.77. The molecule has 0 radical (unpaired) electrons. The topological polar surface area (TPSA) is 40.9 Å². The molecule has 1 saturated carbocycles. The summed E-state index contributed by atoms with van der Waals surface area (Å²) in [5, 5.41) is 0.156. The van der Waals surface area contributed by atoms with Crippen LogP contribution in [0.3, 0.4) is 0 Å². The molecular weight excluding hydrogens is 170 g/mol. The highest BCUT2D eigenvalue weighted by atomic mass is 32.2. The van der Waals surface area contributed by atoms with Crippen molar-refractivity contribution in [1.29, 1.82) is 4.78 Å². The minimum atomic E-state index is -2.28. The molecule has 1 fully saturated rings. The summed E-state index contributed by atoms with van der Waals surface area (Å²) in [7, 11) is -2.28. The fraction of sp³-hybridized carbons (Fsp3) is 1.00. The standard InChI is InChI=1S/C9H19NOS/c1-7-4-5-9(6-8(7)2)12(3,10)11/h7-10H,4-6H2,1-3H3. The molecule has 2 nitrogen and oxygen atoms in total. The molecule has 1 aliphatic rings. The largest absolute Gasteiger partial charge is 0.253 e. The van der Waals surface area contributed by atoms with Gasteiger partial charge in [-0.25, -0.2) is 4.21 Å². The number of hydrogen-bond donors (Lipinski definition) is 1. The molecule has 12 heavy (non-hydrogen) atoms. The van der Waals surface area contributed by atoms with E-state index >= 15 is 0 Å². The van der Waals surface area contributed by atoms with Crippen molar-refractivity contribution in [2.24, 2.45) is 11.8 Å². The molecule has 0 saturated heterocycles. The molecule has 0 spiro atoms. The molecule has 72 valence electrons. The van der Waals surface area contributed by atoms with Crippen LogP contribution in [0.25, 0.3) is 0 Å². The van der Waals surface area contributed by atoms with Crippen LogP contribution in [0.2, 0.25) is 0 Å². The molecule has 0 amide bonds. The SMILES string of the molecule is CC1CCC(S(C)(=N)=O)CC1C. The van der Waals surface area contributed by atoms with E-state index in [1.165, 1.54) is 0 Å². The first-order valence-electron chi connectivity index (χ1n) is 4.64. The average molecular weight is 189 g/mol. The molecule has 4 atom stereocenters. The van der Waals surface area contributed by atoms with Gasteiger partial charge in [0, 0.05) is 21.2 Å². The fourth-order valence-corrected chi connectivity index (χ4v) is 3.16. The average Bonchev–Trinajstić information content (AvgIpc) is 1.92. The summed E-state index contributed by atoms with van der Waals surface area (Å²) in [5.41, 5.74) is 0. The molecule has 4 unspecified atom stereocenters. The lowest BCUT2D eigenvalue weighted by Gasteiger charge is -2.31. The maximum Gasteiger partial charge on any atom is 0.0441 e. The Morgan fingerprint density at radius 1 is 1.25 bits per heavy atom. The van der Waals surface area contributed by atoms with Gasteiger partial charge in [-0.15, -0.1) is 0 Å². The maximum atomic E-state index is 11.5. The van der Waals surface area contributed by atoms with Crippen LogP contribution in [-0.4, -0.2) is 15.7 Å². The zero-order valence-corrected chi connectivity index (χ0v) is 8.99. The van der Waals surface area contributed by atoms with Crippen molar-refractivity contribution in [3.63, 3.8) is 0 Å². The molecule has 1 aliphatic carbocycles. The number of nitrogens with one attached hydrogen (secondary N) is 1. The van der Waals surface area contributed by atoms with Gasteiger partial charge in [-0.3, -0.25) is 4.78 Å². The van der Waals surface area contributed by atoms with Crippen LogP contribution in [0.1, 0.15) is 33.1 Å². The van der Waals surface area contributed by atoms with E-state index in [9.17, 15) is 4.21 Å². The molecule has 3 heteroatoms. The maximum absolute atomic E-state index is 11.5. The summed E-state index contributed by atoms with van der Waals surface area (Å²) in [5.74, 6) is 1.40. The quantitative estimate of drug-likeness (QED) is 0.676. The monoisotopic (exact) mass is 189 g/mol. The van der Waals surface area contributed by atoms with E-state index in [2.05, 4.69) is 13.8 Å². The second kappa shape index (κ2) is 3.36. The smallest absolute Gasteiger partial charge is 0.0441 e. The molecule has 1 N–H and O–H groups in total. The third-order valence-corrected chi connectivity index (χ3v) is 4.89. The third kappa shape index (κ3) is 2.22. The lowest BCUT2D eigenvalue weighted by molar-refractivity contribution is 0.280. The first kappa shape index (κ1) is 10.0. The first-order valence-corrected chi connectivity index (χ1v) is 6.67. The van der Waals surface area contributed by atoms with E-state index in [1.54, 1.807) is 6.26 Å². The summed E-state index contributed by atoms with van der Waals surface area (Å²) in [6.45, 7) is 4.46. The van der Waals surface area contributed by atoms with Crippen molar-refractivity contribution in [1.82, 2.24) is 0 Å². The van der Waals surface area contributed by atoms with Gasteiger partial charge in [0.25, 0.3) is 0 Å². The Kier molecular flexibility index (Phi) is 2.81. The van der Waals surface area contributed by atoms with Crippen LogP contribution < -0.4 is 0 Å². The molecule has 0 aromatic heterocycles. The third-order valence-electron chi connectivity index (χ3n) is 3.19. The van der Waals surface area contributed by atoms with E-state index in [1.807, 2.05) is 0 Å². The Morgan fingerprint density at radius 2 is 1.83 bits per heavy atom. The molecule has 0 heterocycles. The number of hydrogen-bond acceptors (Lipinski definition) is 2. The Bertz CT molecular complexity index is 245. The van der Waals surface area contributed by atoms with Gasteiger partial charge in [0.1, 0.15) is 0 Å². The molecule has 0 aromatic rings. The Balaban J connectivity index is 2.64. The van der Waals surface area contributed by atoms with Gasteiger partial charge in [-0.2, -0.15) is 0 Å². The van der Waals surface area contributed by atoms with Gasteiger partial charge < -0.3 is 0 Å². The lowest BCUT2D eigenvalue weighted by atomic mass is 9.81. The highest BCUT2D eigenvalue weighted by Gasteiger charge is 2.28. The molecular formula is C9H19NOS. The fourth-order valence-electron chi connectivity index (χ4n) is 1.91. The zero-order chi connectivity index (χ0) is 9.35. The second-order valence-electron chi connectivity index (χ2n) is 4.29. The van der Waals surface area contributed by atoms with E-state index < -0.39 is 9.73 Å². The highest BCUT2D eigenvalue weighted by Crippen LogP contribution is 2.32.